The second-order valence-corrected chi connectivity index (χ2v) is 8.45. The second-order valence-electron chi connectivity index (χ2n) is 8.04. The smallest absolute Gasteiger partial charge is 0.258 e. The largest absolute Gasteiger partial charge is 0.365 e. The van der Waals surface area contributed by atoms with Gasteiger partial charge in [-0.3, -0.25) is 9.59 Å². The van der Waals surface area contributed by atoms with Crippen molar-refractivity contribution in [3.63, 3.8) is 0 Å². The SMILES string of the molecule is Cc1ccc(C(=O)N2CCN(c3c(Cl)cccc3NC(=O)c3ccc(C#N)cc3F)CC2)cc1. The van der Waals surface area contributed by atoms with Crippen LogP contribution in [0.25, 0.3) is 0 Å². The van der Waals surface area contributed by atoms with E-state index in [0.29, 0.717) is 48.1 Å². The van der Waals surface area contributed by atoms with Gasteiger partial charge in [-0.1, -0.05) is 35.4 Å². The molecule has 0 aliphatic carbocycles. The molecule has 1 heterocycles. The lowest BCUT2D eigenvalue weighted by molar-refractivity contribution is 0.0746. The Morgan fingerprint density at radius 2 is 1.74 bits per heavy atom. The molecule has 1 saturated heterocycles. The summed E-state index contributed by atoms with van der Waals surface area (Å²) in [5, 5.41) is 12.1. The summed E-state index contributed by atoms with van der Waals surface area (Å²) in [6.45, 7) is 4.01. The summed E-state index contributed by atoms with van der Waals surface area (Å²) in [5.41, 5.74) is 2.77. The first kappa shape index (κ1) is 23.3. The van der Waals surface area contributed by atoms with E-state index in [1.807, 2.05) is 42.2 Å². The van der Waals surface area contributed by atoms with Gasteiger partial charge >= 0.3 is 0 Å². The van der Waals surface area contributed by atoms with E-state index in [2.05, 4.69) is 5.32 Å². The fourth-order valence-electron chi connectivity index (χ4n) is 3.91. The highest BCUT2D eigenvalue weighted by Gasteiger charge is 2.25. The molecule has 4 rings (SSSR count). The number of aryl methyl sites for hydroxylation is 1. The number of hydrogen-bond donors (Lipinski definition) is 1. The number of hydrogen-bond acceptors (Lipinski definition) is 4. The van der Waals surface area contributed by atoms with Crippen molar-refractivity contribution in [3.05, 3.63) is 93.8 Å². The second kappa shape index (κ2) is 9.94. The molecule has 0 spiro atoms. The maximum Gasteiger partial charge on any atom is 0.258 e. The fraction of sp³-hybridized carbons (Fsp3) is 0.192. The Hall–Kier alpha value is -3.89. The van der Waals surface area contributed by atoms with Crippen molar-refractivity contribution in [1.82, 2.24) is 4.90 Å². The van der Waals surface area contributed by atoms with Gasteiger partial charge in [0, 0.05) is 31.7 Å². The number of halogens is 2. The van der Waals surface area contributed by atoms with Gasteiger partial charge in [-0.15, -0.1) is 0 Å². The third-order valence-corrected chi connectivity index (χ3v) is 6.06. The maximum absolute atomic E-state index is 14.3. The minimum Gasteiger partial charge on any atom is -0.365 e. The predicted molar refractivity (Wildman–Crippen MR) is 130 cm³/mol. The number of nitriles is 1. The van der Waals surface area contributed by atoms with E-state index < -0.39 is 11.7 Å². The van der Waals surface area contributed by atoms with Crippen LogP contribution in [0.4, 0.5) is 15.8 Å². The van der Waals surface area contributed by atoms with Crippen LogP contribution in [0.5, 0.6) is 0 Å². The summed E-state index contributed by atoms with van der Waals surface area (Å²) < 4.78 is 14.3. The molecule has 1 aliphatic heterocycles. The molecular formula is C26H22ClFN4O2. The lowest BCUT2D eigenvalue weighted by Crippen LogP contribution is -2.49. The molecule has 3 aromatic carbocycles. The number of carbonyl (C=O) groups is 2. The van der Waals surface area contributed by atoms with Crippen molar-refractivity contribution in [3.8, 4) is 6.07 Å². The monoisotopic (exact) mass is 476 g/mol. The van der Waals surface area contributed by atoms with Gasteiger partial charge < -0.3 is 15.1 Å². The summed E-state index contributed by atoms with van der Waals surface area (Å²) in [6, 6.07) is 18.1. The van der Waals surface area contributed by atoms with Crippen LogP contribution in [0, 0.1) is 24.1 Å². The first-order valence-corrected chi connectivity index (χ1v) is 11.2. The molecule has 1 N–H and O–H groups in total. The van der Waals surface area contributed by atoms with Crippen LogP contribution in [-0.4, -0.2) is 42.9 Å². The number of nitrogens with zero attached hydrogens (tertiary/aromatic N) is 3. The average Bonchev–Trinajstić information content (AvgIpc) is 2.84. The summed E-state index contributed by atoms with van der Waals surface area (Å²) in [7, 11) is 0. The highest BCUT2D eigenvalue weighted by Crippen LogP contribution is 2.35. The van der Waals surface area contributed by atoms with Crippen LogP contribution in [0.2, 0.25) is 5.02 Å². The van der Waals surface area contributed by atoms with Gasteiger partial charge in [0.2, 0.25) is 0 Å². The van der Waals surface area contributed by atoms with Crippen molar-refractivity contribution in [2.45, 2.75) is 6.92 Å². The van der Waals surface area contributed by atoms with Gasteiger partial charge in [-0.05, 0) is 49.4 Å². The Bertz CT molecular complexity index is 1280. The third kappa shape index (κ3) is 4.87. The van der Waals surface area contributed by atoms with E-state index in [1.165, 1.54) is 12.1 Å². The van der Waals surface area contributed by atoms with Crippen LogP contribution >= 0.6 is 11.6 Å². The molecule has 6 nitrogen and oxygen atoms in total. The number of rotatable bonds is 4. The van der Waals surface area contributed by atoms with Crippen molar-refractivity contribution in [2.24, 2.45) is 0 Å². The highest BCUT2D eigenvalue weighted by molar-refractivity contribution is 6.34. The van der Waals surface area contributed by atoms with Gasteiger partial charge in [0.25, 0.3) is 11.8 Å². The molecule has 0 unspecified atom stereocenters. The van der Waals surface area contributed by atoms with Crippen LogP contribution in [0.3, 0.4) is 0 Å². The predicted octanol–water partition coefficient (Wildman–Crippen LogP) is 4.87. The van der Waals surface area contributed by atoms with E-state index in [1.54, 1.807) is 23.1 Å². The zero-order valence-corrected chi connectivity index (χ0v) is 19.3. The maximum atomic E-state index is 14.3. The van der Waals surface area contributed by atoms with E-state index in [9.17, 15) is 14.0 Å². The molecule has 0 atom stereocenters. The van der Waals surface area contributed by atoms with E-state index in [0.717, 1.165) is 11.6 Å². The normalized spacial score (nSPS) is 13.4. The summed E-state index contributed by atoms with van der Waals surface area (Å²) in [5.74, 6) is -1.44. The Labute approximate surface area is 202 Å². The van der Waals surface area contributed by atoms with Crippen LogP contribution < -0.4 is 10.2 Å². The minimum atomic E-state index is -0.775. The number of piperazine rings is 1. The summed E-state index contributed by atoms with van der Waals surface area (Å²) >= 11 is 6.49. The zero-order valence-electron chi connectivity index (χ0n) is 18.5. The molecule has 0 saturated carbocycles. The fourth-order valence-corrected chi connectivity index (χ4v) is 4.20. The molecule has 0 radical (unpaired) electrons. The molecule has 34 heavy (non-hydrogen) atoms. The molecule has 2 amide bonds. The molecule has 1 fully saturated rings. The lowest BCUT2D eigenvalue weighted by Gasteiger charge is -2.37. The third-order valence-electron chi connectivity index (χ3n) is 5.76. The van der Waals surface area contributed by atoms with Crippen molar-refractivity contribution >= 4 is 34.8 Å². The molecule has 0 bridgehead atoms. The van der Waals surface area contributed by atoms with Gasteiger partial charge in [-0.25, -0.2) is 4.39 Å². The average molecular weight is 477 g/mol. The van der Waals surface area contributed by atoms with Gasteiger partial charge in [0.1, 0.15) is 5.82 Å². The molecule has 3 aromatic rings. The number of para-hydroxylation sites is 1. The minimum absolute atomic E-state index is 0.0244. The quantitative estimate of drug-likeness (QED) is 0.582. The number of amides is 2. The molecule has 8 heteroatoms. The van der Waals surface area contributed by atoms with Crippen LogP contribution in [0.15, 0.2) is 60.7 Å². The van der Waals surface area contributed by atoms with Crippen LogP contribution in [0.1, 0.15) is 31.8 Å². The number of anilines is 2. The zero-order chi connectivity index (χ0) is 24.2. The number of benzene rings is 3. The highest BCUT2D eigenvalue weighted by atomic mass is 35.5. The van der Waals surface area contributed by atoms with E-state index in [4.69, 9.17) is 16.9 Å². The summed E-state index contributed by atoms with van der Waals surface area (Å²) in [6.07, 6.45) is 0. The van der Waals surface area contributed by atoms with E-state index >= 15 is 0 Å². The standard InChI is InChI=1S/C26H22ClFN4O2/c1-17-5-8-19(9-6-17)26(34)32-13-11-31(12-14-32)24-21(27)3-2-4-23(24)30-25(33)20-10-7-18(16-29)15-22(20)28/h2-10,15H,11-14H2,1H3,(H,30,33). The molecule has 1 aliphatic rings. The van der Waals surface area contributed by atoms with Crippen LogP contribution in [-0.2, 0) is 0 Å². The van der Waals surface area contributed by atoms with Gasteiger partial charge in [0.05, 0.1) is 33.6 Å². The van der Waals surface area contributed by atoms with E-state index in [-0.39, 0.29) is 17.0 Å². The van der Waals surface area contributed by atoms with Crippen molar-refractivity contribution in [2.75, 3.05) is 36.4 Å². The molecule has 172 valence electrons. The topological polar surface area (TPSA) is 76.4 Å². The van der Waals surface area contributed by atoms with Crippen molar-refractivity contribution < 1.29 is 14.0 Å². The first-order valence-electron chi connectivity index (χ1n) is 10.8. The number of carbonyl (C=O) groups excluding carboxylic acids is 2. The first-order chi connectivity index (χ1) is 16.4. The van der Waals surface area contributed by atoms with Gasteiger partial charge in [-0.2, -0.15) is 5.26 Å². The molecular weight excluding hydrogens is 455 g/mol. The Morgan fingerprint density at radius 3 is 2.38 bits per heavy atom. The molecule has 0 aromatic heterocycles. The Kier molecular flexibility index (Phi) is 6.80. The van der Waals surface area contributed by atoms with Crippen molar-refractivity contribution in [1.29, 1.82) is 5.26 Å². The Balaban J connectivity index is 1.49. The van der Waals surface area contributed by atoms with Gasteiger partial charge in [0.15, 0.2) is 0 Å². The lowest BCUT2D eigenvalue weighted by atomic mass is 10.1. The Morgan fingerprint density at radius 1 is 1.03 bits per heavy atom. The summed E-state index contributed by atoms with van der Waals surface area (Å²) in [4.78, 5) is 29.4. The number of nitrogens with one attached hydrogen (secondary N) is 1.